The average molecular weight is 873 g/mol. The summed E-state index contributed by atoms with van der Waals surface area (Å²) in [6, 6.07) is 0. The summed E-state index contributed by atoms with van der Waals surface area (Å²) in [6.07, 6.45) is 58.9. The number of hydrogen-bond donors (Lipinski definition) is 0. The summed E-state index contributed by atoms with van der Waals surface area (Å²) in [5.41, 5.74) is 0. The number of unbranched alkanes of at least 4 members (excludes halogenated alkanes) is 35. The fraction of sp³-hybridized carbons (Fsp3) is 0.875. The smallest absolute Gasteiger partial charge is 0.306 e. The van der Waals surface area contributed by atoms with Crippen molar-refractivity contribution in [3.05, 3.63) is 24.3 Å². The van der Waals surface area contributed by atoms with Gasteiger partial charge >= 0.3 is 17.9 Å². The van der Waals surface area contributed by atoms with Gasteiger partial charge in [0.1, 0.15) is 13.2 Å². The molecule has 0 aromatic heterocycles. The number of hydrogen-bond acceptors (Lipinski definition) is 6. The molecule has 0 fully saturated rings. The highest BCUT2D eigenvalue weighted by Crippen LogP contribution is 2.16. The van der Waals surface area contributed by atoms with Crippen molar-refractivity contribution in [3.8, 4) is 0 Å². The molecule has 6 nitrogen and oxygen atoms in total. The number of carbonyl (C=O) groups excluding carboxylic acids is 3. The van der Waals surface area contributed by atoms with Crippen LogP contribution in [0.25, 0.3) is 0 Å². The molecule has 0 radical (unpaired) electrons. The van der Waals surface area contributed by atoms with Gasteiger partial charge in [-0.05, 0) is 64.2 Å². The zero-order chi connectivity index (χ0) is 45.1. The molecule has 62 heavy (non-hydrogen) atoms. The van der Waals surface area contributed by atoms with Crippen LogP contribution in [0, 0.1) is 0 Å². The van der Waals surface area contributed by atoms with E-state index in [0.717, 1.165) is 70.6 Å². The number of esters is 3. The molecule has 0 saturated carbocycles. The first kappa shape index (κ1) is 59.9. The van der Waals surface area contributed by atoms with E-state index in [-0.39, 0.29) is 31.1 Å². The maximum absolute atomic E-state index is 12.7. The molecule has 0 spiro atoms. The lowest BCUT2D eigenvalue weighted by Crippen LogP contribution is -2.30. The zero-order valence-corrected chi connectivity index (χ0v) is 41.7. The summed E-state index contributed by atoms with van der Waals surface area (Å²) in [4.78, 5) is 37.9. The molecule has 6 heteroatoms. The van der Waals surface area contributed by atoms with Crippen molar-refractivity contribution < 1.29 is 28.6 Å². The fourth-order valence-corrected chi connectivity index (χ4v) is 8.03. The van der Waals surface area contributed by atoms with Gasteiger partial charge in [0.2, 0.25) is 0 Å². The van der Waals surface area contributed by atoms with E-state index >= 15 is 0 Å². The van der Waals surface area contributed by atoms with Crippen LogP contribution in [-0.4, -0.2) is 37.2 Å². The van der Waals surface area contributed by atoms with E-state index in [1.807, 2.05) is 0 Å². The molecule has 0 aliphatic carbocycles. The first-order chi connectivity index (χ1) is 30.5. The molecular formula is C56H104O6. The second-order valence-electron chi connectivity index (χ2n) is 18.5. The van der Waals surface area contributed by atoms with Crippen LogP contribution < -0.4 is 0 Å². The molecule has 0 amide bonds. The molecule has 0 aromatic rings. The third-order valence-corrected chi connectivity index (χ3v) is 12.2. The van der Waals surface area contributed by atoms with Crippen LogP contribution in [0.3, 0.4) is 0 Å². The molecule has 0 aliphatic rings. The second-order valence-corrected chi connectivity index (χ2v) is 18.5. The monoisotopic (exact) mass is 873 g/mol. The molecule has 1 atom stereocenters. The van der Waals surface area contributed by atoms with Crippen LogP contribution in [0.4, 0.5) is 0 Å². The van der Waals surface area contributed by atoms with Crippen molar-refractivity contribution in [2.75, 3.05) is 13.2 Å². The summed E-state index contributed by atoms with van der Waals surface area (Å²) in [7, 11) is 0. The van der Waals surface area contributed by atoms with Crippen molar-refractivity contribution in [2.45, 2.75) is 303 Å². The van der Waals surface area contributed by atoms with Crippen molar-refractivity contribution >= 4 is 17.9 Å². The van der Waals surface area contributed by atoms with Gasteiger partial charge in [0, 0.05) is 19.3 Å². The van der Waals surface area contributed by atoms with Crippen molar-refractivity contribution in [1.82, 2.24) is 0 Å². The van der Waals surface area contributed by atoms with Gasteiger partial charge in [0.05, 0.1) is 0 Å². The molecule has 0 rings (SSSR count). The van der Waals surface area contributed by atoms with Crippen LogP contribution in [0.5, 0.6) is 0 Å². The third-order valence-electron chi connectivity index (χ3n) is 12.2. The van der Waals surface area contributed by atoms with Gasteiger partial charge in [-0.1, -0.05) is 238 Å². The fourth-order valence-electron chi connectivity index (χ4n) is 8.03. The van der Waals surface area contributed by atoms with Crippen LogP contribution in [0.15, 0.2) is 24.3 Å². The summed E-state index contributed by atoms with van der Waals surface area (Å²) in [5.74, 6) is -0.870. The summed E-state index contributed by atoms with van der Waals surface area (Å²) < 4.78 is 16.8. The third kappa shape index (κ3) is 48.9. The highest BCUT2D eigenvalue weighted by molar-refractivity contribution is 5.71. The number of ether oxygens (including phenoxy) is 3. The van der Waals surface area contributed by atoms with Gasteiger partial charge in [-0.2, -0.15) is 0 Å². The van der Waals surface area contributed by atoms with Crippen molar-refractivity contribution in [1.29, 1.82) is 0 Å². The minimum absolute atomic E-state index is 0.0706. The number of rotatable bonds is 50. The van der Waals surface area contributed by atoms with Gasteiger partial charge in [0.15, 0.2) is 6.10 Å². The van der Waals surface area contributed by atoms with Gasteiger partial charge in [-0.3, -0.25) is 14.4 Å². The van der Waals surface area contributed by atoms with Crippen LogP contribution in [-0.2, 0) is 28.6 Å². The predicted molar refractivity (Wildman–Crippen MR) is 266 cm³/mol. The Hall–Kier alpha value is -2.11. The minimum Gasteiger partial charge on any atom is -0.462 e. The topological polar surface area (TPSA) is 78.9 Å². The van der Waals surface area contributed by atoms with E-state index in [9.17, 15) is 14.4 Å². The first-order valence-electron chi connectivity index (χ1n) is 27.3. The van der Waals surface area contributed by atoms with E-state index in [1.54, 1.807) is 0 Å². The van der Waals surface area contributed by atoms with Gasteiger partial charge in [0.25, 0.3) is 0 Å². The Morgan fingerprint density at radius 3 is 0.871 bits per heavy atom. The lowest BCUT2D eigenvalue weighted by atomic mass is 10.0. The summed E-state index contributed by atoms with van der Waals surface area (Å²) >= 11 is 0. The normalized spacial score (nSPS) is 12.1. The Kier molecular flexibility index (Phi) is 49.8. The van der Waals surface area contributed by atoms with E-state index in [0.29, 0.717) is 19.3 Å². The standard InChI is InChI=1S/C56H104O6/c1-4-7-10-13-16-19-22-23-24-25-26-27-28-29-30-31-32-33-35-37-40-43-46-49-55(58)61-52-53(51-60-54(57)48-45-42-39-36-21-18-15-12-9-6-3)62-56(59)50-47-44-41-38-34-20-17-14-11-8-5-2/h12,15,25-26,53H,4-11,13-14,16-24,27-52H2,1-3H3/b15-12-,26-25-. The van der Waals surface area contributed by atoms with Gasteiger partial charge in [-0.25, -0.2) is 0 Å². The zero-order valence-electron chi connectivity index (χ0n) is 41.7. The minimum atomic E-state index is -0.768. The van der Waals surface area contributed by atoms with E-state index in [4.69, 9.17) is 14.2 Å². The summed E-state index contributed by atoms with van der Waals surface area (Å²) in [5, 5.41) is 0. The largest absolute Gasteiger partial charge is 0.462 e. The van der Waals surface area contributed by atoms with Gasteiger partial charge < -0.3 is 14.2 Å². The summed E-state index contributed by atoms with van der Waals surface area (Å²) in [6.45, 7) is 6.59. The van der Waals surface area contributed by atoms with Crippen LogP contribution in [0.1, 0.15) is 297 Å². The number of allylic oxidation sites excluding steroid dienone is 4. The molecular weight excluding hydrogens is 769 g/mol. The van der Waals surface area contributed by atoms with E-state index in [2.05, 4.69) is 45.1 Å². The molecule has 0 bridgehead atoms. The predicted octanol–water partition coefficient (Wildman–Crippen LogP) is 17.9. The lowest BCUT2D eigenvalue weighted by molar-refractivity contribution is -0.167. The maximum atomic E-state index is 12.7. The molecule has 1 unspecified atom stereocenters. The molecule has 364 valence electrons. The molecule has 0 saturated heterocycles. The molecule has 0 heterocycles. The highest BCUT2D eigenvalue weighted by atomic mass is 16.6. The lowest BCUT2D eigenvalue weighted by Gasteiger charge is -2.18. The Labute approximate surface area is 385 Å². The SMILES string of the molecule is CCC/C=C\CCCCCCCC(=O)OCC(COC(=O)CCCCCCCCCCCCC/C=C\CCCCCCCCCC)OC(=O)CCCCCCCCCCCCC. The Bertz CT molecular complexity index is 1000. The van der Waals surface area contributed by atoms with Crippen LogP contribution >= 0.6 is 0 Å². The molecule has 0 aliphatic heterocycles. The van der Waals surface area contributed by atoms with Crippen molar-refractivity contribution in [3.63, 3.8) is 0 Å². The van der Waals surface area contributed by atoms with Gasteiger partial charge in [-0.15, -0.1) is 0 Å². The maximum Gasteiger partial charge on any atom is 0.306 e. The first-order valence-corrected chi connectivity index (χ1v) is 27.3. The number of carbonyl (C=O) groups is 3. The van der Waals surface area contributed by atoms with Crippen molar-refractivity contribution in [2.24, 2.45) is 0 Å². The molecule has 0 N–H and O–H groups in total. The quantitative estimate of drug-likeness (QED) is 0.0262. The average Bonchev–Trinajstić information content (AvgIpc) is 3.27. The Morgan fingerprint density at radius 1 is 0.306 bits per heavy atom. The van der Waals surface area contributed by atoms with E-state index in [1.165, 1.54) is 186 Å². The highest BCUT2D eigenvalue weighted by Gasteiger charge is 2.19. The van der Waals surface area contributed by atoms with Crippen LogP contribution in [0.2, 0.25) is 0 Å². The second kappa shape index (κ2) is 51.5. The Morgan fingerprint density at radius 2 is 0.565 bits per heavy atom. The Balaban J connectivity index is 4.17. The van der Waals surface area contributed by atoms with E-state index < -0.39 is 6.10 Å². The molecule has 0 aromatic carbocycles.